The van der Waals surface area contributed by atoms with E-state index in [-0.39, 0.29) is 6.10 Å². The van der Waals surface area contributed by atoms with Crippen molar-refractivity contribution in [1.82, 2.24) is 5.32 Å². The molecule has 0 aromatic carbocycles. The van der Waals surface area contributed by atoms with Gasteiger partial charge in [-0.3, -0.25) is 0 Å². The highest BCUT2D eigenvalue weighted by Gasteiger charge is 2.20. The molecule has 0 spiro atoms. The van der Waals surface area contributed by atoms with Gasteiger partial charge in [-0.25, -0.2) is 0 Å². The molecule has 0 radical (unpaired) electrons. The van der Waals surface area contributed by atoms with Crippen molar-refractivity contribution in [2.45, 2.75) is 57.2 Å². The molecule has 0 saturated heterocycles. The molecule has 1 atom stereocenters. The molecule has 2 rings (SSSR count). The monoisotopic (exact) mass is 223 g/mol. The third kappa shape index (κ3) is 3.35. The molecule has 0 bridgehead atoms. The second kappa shape index (κ2) is 5.51. The van der Waals surface area contributed by atoms with Gasteiger partial charge in [0.05, 0.1) is 12.4 Å². The summed E-state index contributed by atoms with van der Waals surface area (Å²) in [4.78, 5) is 0. The van der Waals surface area contributed by atoms with Gasteiger partial charge >= 0.3 is 0 Å². The van der Waals surface area contributed by atoms with Crippen molar-refractivity contribution in [1.29, 1.82) is 0 Å². The molecule has 1 fully saturated rings. The molecule has 3 heteroatoms. The van der Waals surface area contributed by atoms with Gasteiger partial charge in [0.15, 0.2) is 0 Å². The molecule has 2 N–H and O–H groups in total. The summed E-state index contributed by atoms with van der Waals surface area (Å²) in [7, 11) is 0. The van der Waals surface area contributed by atoms with Crippen molar-refractivity contribution in [2.24, 2.45) is 0 Å². The van der Waals surface area contributed by atoms with Crippen LogP contribution in [0.1, 0.15) is 38.4 Å². The molecule has 1 aromatic rings. The lowest BCUT2D eigenvalue weighted by atomic mass is 9.92. The molecule has 0 amide bonds. The molecule has 1 aromatic heterocycles. The zero-order valence-electron chi connectivity index (χ0n) is 9.86. The second-order valence-electron chi connectivity index (χ2n) is 4.86. The predicted octanol–water partition coefficient (Wildman–Crippen LogP) is 2.10. The van der Waals surface area contributed by atoms with E-state index in [9.17, 15) is 5.11 Å². The number of aliphatic hydroxyl groups excluding tert-OH is 1. The highest BCUT2D eigenvalue weighted by molar-refractivity contribution is 5.00. The number of rotatable bonds is 4. The third-order valence-corrected chi connectivity index (χ3v) is 3.30. The van der Waals surface area contributed by atoms with Gasteiger partial charge in [0.1, 0.15) is 5.76 Å². The van der Waals surface area contributed by atoms with Crippen LogP contribution < -0.4 is 5.32 Å². The van der Waals surface area contributed by atoms with Crippen molar-refractivity contribution >= 4 is 0 Å². The first kappa shape index (κ1) is 11.7. The predicted molar refractivity (Wildman–Crippen MR) is 63.3 cm³/mol. The molecular weight excluding hydrogens is 202 g/mol. The Balaban J connectivity index is 1.72. The number of hydrogen-bond acceptors (Lipinski definition) is 3. The van der Waals surface area contributed by atoms with E-state index in [2.05, 4.69) is 12.2 Å². The first-order chi connectivity index (χ1) is 7.74. The Labute approximate surface area is 96.8 Å². The molecule has 90 valence electrons. The van der Waals surface area contributed by atoms with Crippen molar-refractivity contribution in [2.75, 3.05) is 0 Å². The Kier molecular flexibility index (Phi) is 4.02. The van der Waals surface area contributed by atoms with Crippen molar-refractivity contribution in [3.8, 4) is 0 Å². The topological polar surface area (TPSA) is 45.4 Å². The average molecular weight is 223 g/mol. The van der Waals surface area contributed by atoms with Crippen LogP contribution in [0.2, 0.25) is 0 Å². The highest BCUT2D eigenvalue weighted by Crippen LogP contribution is 2.19. The van der Waals surface area contributed by atoms with E-state index < -0.39 is 0 Å². The summed E-state index contributed by atoms with van der Waals surface area (Å²) in [5, 5.41) is 13.0. The van der Waals surface area contributed by atoms with E-state index in [0.717, 1.165) is 37.9 Å². The fraction of sp³-hybridized carbons (Fsp3) is 0.692. The van der Waals surface area contributed by atoms with E-state index >= 15 is 0 Å². The smallest absolute Gasteiger partial charge is 0.105 e. The van der Waals surface area contributed by atoms with Gasteiger partial charge in [0.2, 0.25) is 0 Å². The number of hydrogen-bond donors (Lipinski definition) is 2. The first-order valence-corrected chi connectivity index (χ1v) is 6.20. The van der Waals surface area contributed by atoms with Crippen molar-refractivity contribution < 1.29 is 9.52 Å². The van der Waals surface area contributed by atoms with Gasteiger partial charge in [0, 0.05) is 18.5 Å². The summed E-state index contributed by atoms with van der Waals surface area (Å²) >= 11 is 0. The molecule has 1 heterocycles. The van der Waals surface area contributed by atoms with Crippen LogP contribution in [-0.4, -0.2) is 23.3 Å². The lowest BCUT2D eigenvalue weighted by Crippen LogP contribution is -2.40. The zero-order valence-corrected chi connectivity index (χ0v) is 9.86. The molecule has 1 saturated carbocycles. The van der Waals surface area contributed by atoms with Gasteiger partial charge in [-0.2, -0.15) is 0 Å². The normalized spacial score (nSPS) is 27.9. The lowest BCUT2D eigenvalue weighted by Gasteiger charge is -2.28. The van der Waals surface area contributed by atoms with E-state index in [4.69, 9.17) is 4.42 Å². The van der Waals surface area contributed by atoms with Crippen LogP contribution in [0.5, 0.6) is 0 Å². The number of furan rings is 1. The van der Waals surface area contributed by atoms with E-state index in [1.54, 1.807) is 6.26 Å². The second-order valence-corrected chi connectivity index (χ2v) is 4.86. The quantitative estimate of drug-likeness (QED) is 0.821. The average Bonchev–Trinajstić information content (AvgIpc) is 2.74. The maximum atomic E-state index is 9.43. The summed E-state index contributed by atoms with van der Waals surface area (Å²) in [6.45, 7) is 2.19. The van der Waals surface area contributed by atoms with Gasteiger partial charge in [-0.05, 0) is 44.7 Å². The SMILES string of the molecule is CC(Cc1ccco1)NC1CCC(O)CC1. The standard InChI is InChI=1S/C13H21NO2/c1-10(9-13-3-2-8-16-13)14-11-4-6-12(15)7-5-11/h2-3,8,10-12,14-15H,4-7,9H2,1H3. The molecule has 16 heavy (non-hydrogen) atoms. The van der Waals surface area contributed by atoms with Gasteiger partial charge in [-0.15, -0.1) is 0 Å². The molecule has 1 aliphatic carbocycles. The molecule has 3 nitrogen and oxygen atoms in total. The van der Waals surface area contributed by atoms with Gasteiger partial charge < -0.3 is 14.8 Å². The summed E-state index contributed by atoms with van der Waals surface area (Å²) in [6, 6.07) is 4.95. The largest absolute Gasteiger partial charge is 0.469 e. The Hall–Kier alpha value is -0.800. The first-order valence-electron chi connectivity index (χ1n) is 6.20. The molecule has 0 aliphatic heterocycles. The fourth-order valence-corrected chi connectivity index (χ4v) is 2.43. The maximum absolute atomic E-state index is 9.43. The van der Waals surface area contributed by atoms with Crippen LogP contribution in [0, 0.1) is 0 Å². The molecule has 1 unspecified atom stereocenters. The van der Waals surface area contributed by atoms with Gasteiger partial charge in [0.25, 0.3) is 0 Å². The number of aliphatic hydroxyl groups is 1. The van der Waals surface area contributed by atoms with E-state index in [1.165, 1.54) is 0 Å². The summed E-state index contributed by atoms with van der Waals surface area (Å²) in [6.07, 6.45) is 6.63. The minimum Gasteiger partial charge on any atom is -0.469 e. The van der Waals surface area contributed by atoms with E-state index in [1.807, 2.05) is 12.1 Å². The Morgan fingerprint density at radius 3 is 2.81 bits per heavy atom. The van der Waals surface area contributed by atoms with Crippen molar-refractivity contribution in [3.05, 3.63) is 24.2 Å². The van der Waals surface area contributed by atoms with Crippen LogP contribution >= 0.6 is 0 Å². The van der Waals surface area contributed by atoms with Crippen LogP contribution in [0.3, 0.4) is 0 Å². The Morgan fingerprint density at radius 1 is 1.44 bits per heavy atom. The van der Waals surface area contributed by atoms with Crippen LogP contribution in [0.25, 0.3) is 0 Å². The minimum absolute atomic E-state index is 0.0709. The van der Waals surface area contributed by atoms with E-state index in [0.29, 0.717) is 12.1 Å². The van der Waals surface area contributed by atoms with Crippen molar-refractivity contribution in [3.63, 3.8) is 0 Å². The lowest BCUT2D eigenvalue weighted by molar-refractivity contribution is 0.114. The summed E-state index contributed by atoms with van der Waals surface area (Å²) in [5.41, 5.74) is 0. The van der Waals surface area contributed by atoms with Crippen LogP contribution in [-0.2, 0) is 6.42 Å². The number of nitrogens with one attached hydrogen (secondary N) is 1. The Morgan fingerprint density at radius 2 is 2.19 bits per heavy atom. The summed E-state index contributed by atoms with van der Waals surface area (Å²) in [5.74, 6) is 1.04. The van der Waals surface area contributed by atoms with Gasteiger partial charge in [-0.1, -0.05) is 0 Å². The Bertz CT molecular complexity index is 289. The zero-order chi connectivity index (χ0) is 11.4. The molecule has 1 aliphatic rings. The minimum atomic E-state index is -0.0709. The highest BCUT2D eigenvalue weighted by atomic mass is 16.3. The summed E-state index contributed by atoms with van der Waals surface area (Å²) < 4.78 is 5.33. The maximum Gasteiger partial charge on any atom is 0.105 e. The van der Waals surface area contributed by atoms with Crippen LogP contribution in [0.4, 0.5) is 0 Å². The molecular formula is C13H21NO2. The third-order valence-electron chi connectivity index (χ3n) is 3.30. The van der Waals surface area contributed by atoms with Crippen LogP contribution in [0.15, 0.2) is 22.8 Å². The fourth-order valence-electron chi connectivity index (χ4n) is 2.43.